The van der Waals surface area contributed by atoms with Gasteiger partial charge in [-0.3, -0.25) is 18.7 Å². The number of anilines is 1. The molecule has 3 aromatic rings. The zero-order valence-electron chi connectivity index (χ0n) is 17.6. The number of halogens is 2. The lowest BCUT2D eigenvalue weighted by molar-refractivity contribution is -0.117. The minimum absolute atomic E-state index is 0.0455. The molecule has 4 rings (SSSR count). The van der Waals surface area contributed by atoms with Crippen LogP contribution in [0, 0.1) is 11.6 Å². The summed E-state index contributed by atoms with van der Waals surface area (Å²) in [7, 11) is 0. The first-order valence-corrected chi connectivity index (χ1v) is 10.5. The van der Waals surface area contributed by atoms with Gasteiger partial charge in [-0.25, -0.2) is 13.6 Å². The normalized spacial score (nSPS) is 14.7. The molecule has 0 unspecified atom stereocenters. The highest BCUT2D eigenvalue weighted by atomic mass is 19.1. The van der Waals surface area contributed by atoms with E-state index in [1.165, 1.54) is 17.2 Å². The van der Waals surface area contributed by atoms with Gasteiger partial charge in [0.1, 0.15) is 17.3 Å². The van der Waals surface area contributed by atoms with Gasteiger partial charge in [-0.1, -0.05) is 43.3 Å². The summed E-state index contributed by atoms with van der Waals surface area (Å²) in [6.07, 6.45) is 2.14. The van der Waals surface area contributed by atoms with Crippen LogP contribution in [0.4, 0.5) is 14.5 Å². The monoisotopic (exact) mass is 439 g/mol. The summed E-state index contributed by atoms with van der Waals surface area (Å²) < 4.78 is 30.7. The van der Waals surface area contributed by atoms with Crippen LogP contribution in [0.2, 0.25) is 0 Å². The van der Waals surface area contributed by atoms with Gasteiger partial charge in [0.2, 0.25) is 5.91 Å². The van der Waals surface area contributed by atoms with Crippen molar-refractivity contribution in [2.75, 3.05) is 11.4 Å². The number of rotatable bonds is 6. The SMILES string of the molecule is C[C@@H](Cn1c(=O)c(N2CCCC2=O)cn(Cc2c(F)cccc2F)c1=O)c1ccccc1. The van der Waals surface area contributed by atoms with E-state index in [1.54, 1.807) is 0 Å². The predicted octanol–water partition coefficient (Wildman–Crippen LogP) is 3.27. The van der Waals surface area contributed by atoms with Crippen molar-refractivity contribution in [3.8, 4) is 0 Å². The molecule has 0 radical (unpaired) electrons. The average molecular weight is 439 g/mol. The van der Waals surface area contributed by atoms with Crippen LogP contribution < -0.4 is 16.1 Å². The molecule has 1 fully saturated rings. The summed E-state index contributed by atoms with van der Waals surface area (Å²) in [6, 6.07) is 12.9. The van der Waals surface area contributed by atoms with Crippen molar-refractivity contribution in [2.45, 2.75) is 38.8 Å². The minimum Gasteiger partial charge on any atom is -0.306 e. The molecule has 0 N–H and O–H groups in total. The zero-order chi connectivity index (χ0) is 22.8. The van der Waals surface area contributed by atoms with Crippen molar-refractivity contribution in [3.63, 3.8) is 0 Å². The van der Waals surface area contributed by atoms with E-state index in [1.807, 2.05) is 37.3 Å². The lowest BCUT2D eigenvalue weighted by atomic mass is 10.0. The van der Waals surface area contributed by atoms with Crippen LogP contribution in [0.3, 0.4) is 0 Å². The summed E-state index contributed by atoms with van der Waals surface area (Å²) in [6.45, 7) is 1.91. The maximum absolute atomic E-state index is 14.3. The summed E-state index contributed by atoms with van der Waals surface area (Å²) in [4.78, 5) is 40.1. The minimum atomic E-state index is -0.786. The van der Waals surface area contributed by atoms with E-state index < -0.39 is 29.4 Å². The van der Waals surface area contributed by atoms with E-state index in [0.29, 0.717) is 19.4 Å². The van der Waals surface area contributed by atoms with Gasteiger partial charge < -0.3 is 4.90 Å². The molecule has 0 saturated carbocycles. The van der Waals surface area contributed by atoms with Crippen LogP contribution in [0.1, 0.15) is 36.8 Å². The van der Waals surface area contributed by atoms with E-state index in [2.05, 4.69) is 0 Å². The topological polar surface area (TPSA) is 64.3 Å². The summed E-state index contributed by atoms with van der Waals surface area (Å²) >= 11 is 0. The Labute approximate surface area is 183 Å². The fourth-order valence-corrected chi connectivity index (χ4v) is 4.02. The highest BCUT2D eigenvalue weighted by Crippen LogP contribution is 2.20. The van der Waals surface area contributed by atoms with Crippen LogP contribution in [0.15, 0.2) is 64.3 Å². The lowest BCUT2D eigenvalue weighted by Gasteiger charge is -2.21. The van der Waals surface area contributed by atoms with E-state index in [0.717, 1.165) is 26.8 Å². The molecule has 1 aliphatic rings. The van der Waals surface area contributed by atoms with Crippen molar-refractivity contribution < 1.29 is 13.6 Å². The first-order chi connectivity index (χ1) is 15.4. The second kappa shape index (κ2) is 8.90. The molecule has 0 bridgehead atoms. The second-order valence-electron chi connectivity index (χ2n) is 8.00. The van der Waals surface area contributed by atoms with Crippen LogP contribution in [-0.4, -0.2) is 21.6 Å². The Morgan fingerprint density at radius 3 is 2.28 bits per heavy atom. The maximum atomic E-state index is 14.3. The molecule has 6 nitrogen and oxygen atoms in total. The Kier molecular flexibility index (Phi) is 6.03. The quantitative estimate of drug-likeness (QED) is 0.592. The molecule has 8 heteroatoms. The largest absolute Gasteiger partial charge is 0.331 e. The van der Waals surface area contributed by atoms with Gasteiger partial charge in [-0.05, 0) is 30.0 Å². The number of carbonyl (C=O) groups excluding carboxylic acids is 1. The molecule has 0 aliphatic carbocycles. The molecular weight excluding hydrogens is 416 g/mol. The van der Waals surface area contributed by atoms with Gasteiger partial charge in [0.15, 0.2) is 0 Å². The van der Waals surface area contributed by atoms with Crippen molar-refractivity contribution in [2.24, 2.45) is 0 Å². The smallest absolute Gasteiger partial charge is 0.306 e. The molecule has 1 saturated heterocycles. The number of hydrogen-bond donors (Lipinski definition) is 0. The Hall–Kier alpha value is -3.55. The van der Waals surface area contributed by atoms with Gasteiger partial charge in [0.25, 0.3) is 5.56 Å². The summed E-state index contributed by atoms with van der Waals surface area (Å²) in [5.41, 5.74) is -0.569. The van der Waals surface area contributed by atoms with Crippen molar-refractivity contribution in [1.29, 1.82) is 0 Å². The first-order valence-electron chi connectivity index (χ1n) is 10.5. The van der Waals surface area contributed by atoms with Gasteiger partial charge in [-0.2, -0.15) is 0 Å². The molecule has 1 atom stereocenters. The van der Waals surface area contributed by atoms with E-state index in [-0.39, 0.29) is 29.6 Å². The molecule has 2 heterocycles. The third-order valence-corrected chi connectivity index (χ3v) is 5.80. The number of nitrogens with zero attached hydrogens (tertiary/aromatic N) is 3. The molecule has 2 aromatic carbocycles. The van der Waals surface area contributed by atoms with Crippen LogP contribution in [0.25, 0.3) is 0 Å². The van der Waals surface area contributed by atoms with Crippen LogP contribution in [0.5, 0.6) is 0 Å². The van der Waals surface area contributed by atoms with Crippen molar-refractivity contribution >= 4 is 11.6 Å². The highest BCUT2D eigenvalue weighted by Gasteiger charge is 2.27. The third kappa shape index (κ3) is 4.12. The van der Waals surface area contributed by atoms with Gasteiger partial charge in [0, 0.05) is 31.3 Å². The molecule has 1 aromatic heterocycles. The Balaban J connectivity index is 1.82. The van der Waals surface area contributed by atoms with E-state index in [4.69, 9.17) is 0 Å². The number of aromatic nitrogens is 2. The third-order valence-electron chi connectivity index (χ3n) is 5.80. The van der Waals surface area contributed by atoms with Crippen molar-refractivity contribution in [3.05, 3.63) is 98.3 Å². The number of hydrogen-bond acceptors (Lipinski definition) is 3. The Bertz CT molecular complexity index is 1250. The van der Waals surface area contributed by atoms with Crippen LogP contribution >= 0.6 is 0 Å². The molecule has 0 spiro atoms. The molecule has 32 heavy (non-hydrogen) atoms. The predicted molar refractivity (Wildman–Crippen MR) is 117 cm³/mol. The van der Waals surface area contributed by atoms with Gasteiger partial charge >= 0.3 is 5.69 Å². The summed E-state index contributed by atoms with van der Waals surface area (Å²) in [5, 5.41) is 0. The zero-order valence-corrected chi connectivity index (χ0v) is 17.6. The lowest BCUT2D eigenvalue weighted by Crippen LogP contribution is -2.44. The Morgan fingerprint density at radius 2 is 1.66 bits per heavy atom. The number of carbonyl (C=O) groups is 1. The van der Waals surface area contributed by atoms with Crippen LogP contribution in [-0.2, 0) is 17.9 Å². The molecule has 1 aliphatic heterocycles. The second-order valence-corrected chi connectivity index (χ2v) is 8.00. The maximum Gasteiger partial charge on any atom is 0.331 e. The first kappa shape index (κ1) is 21.7. The van der Waals surface area contributed by atoms with Gasteiger partial charge in [-0.15, -0.1) is 0 Å². The molecule has 166 valence electrons. The van der Waals surface area contributed by atoms with E-state index >= 15 is 0 Å². The fraction of sp³-hybridized carbons (Fsp3) is 0.292. The van der Waals surface area contributed by atoms with Gasteiger partial charge in [0.05, 0.1) is 6.54 Å². The molecule has 1 amide bonds. The number of benzene rings is 2. The van der Waals surface area contributed by atoms with Crippen molar-refractivity contribution in [1.82, 2.24) is 9.13 Å². The average Bonchev–Trinajstić information content (AvgIpc) is 3.21. The van der Waals surface area contributed by atoms with E-state index in [9.17, 15) is 23.2 Å². The molecular formula is C24H23F2N3O3. The standard InChI is InChI=1S/C24H23F2N3O3/c1-16(17-7-3-2-4-8-17)13-29-23(31)21(28-12-6-11-22(28)30)15-27(24(29)32)14-18-19(25)9-5-10-20(18)26/h2-5,7-10,15-16H,6,11-14H2,1H3/t16-/m0/s1. The summed E-state index contributed by atoms with van der Waals surface area (Å²) in [5.74, 6) is -1.96. The Morgan fingerprint density at radius 1 is 0.969 bits per heavy atom. The highest BCUT2D eigenvalue weighted by molar-refractivity contribution is 5.94. The number of amides is 1. The fourth-order valence-electron chi connectivity index (χ4n) is 4.02.